The minimum absolute atomic E-state index is 0.122. The molecule has 0 saturated heterocycles. The lowest BCUT2D eigenvalue weighted by Gasteiger charge is -2.34. The fourth-order valence-electron chi connectivity index (χ4n) is 4.09. The summed E-state index contributed by atoms with van der Waals surface area (Å²) >= 11 is 0. The highest BCUT2D eigenvalue weighted by Gasteiger charge is 2.34. The Morgan fingerprint density at radius 1 is 1.00 bits per heavy atom. The summed E-state index contributed by atoms with van der Waals surface area (Å²) in [4.78, 5) is 2.23. The van der Waals surface area contributed by atoms with Gasteiger partial charge in [-0.2, -0.15) is 17.5 Å². The second-order valence-corrected chi connectivity index (χ2v) is 10.5. The molecule has 1 aromatic rings. The second kappa shape index (κ2) is 13.0. The first-order chi connectivity index (χ1) is 15.6. The van der Waals surface area contributed by atoms with E-state index in [4.69, 9.17) is 9.47 Å². The Balaban J connectivity index is 1.75. The molecular weight excluding hydrogens is 457 g/mol. The van der Waals surface area contributed by atoms with Crippen molar-refractivity contribution in [1.29, 1.82) is 0 Å². The predicted octanol–water partition coefficient (Wildman–Crippen LogP) is 4.40. The molecule has 190 valence electrons. The Hall–Kier alpha value is -1.20. The van der Waals surface area contributed by atoms with Crippen LogP contribution in [0.5, 0.6) is 0 Å². The van der Waals surface area contributed by atoms with Crippen LogP contribution < -0.4 is 0 Å². The van der Waals surface area contributed by atoms with Crippen molar-refractivity contribution in [2.24, 2.45) is 0 Å². The fraction of sp³-hybridized carbons (Fsp3) is 0.739. The summed E-state index contributed by atoms with van der Waals surface area (Å²) in [5.41, 5.74) is -0.862. The number of rotatable bonds is 13. The molecular formula is C23H37F3N2O4S. The van der Waals surface area contributed by atoms with E-state index in [2.05, 4.69) is 11.8 Å². The molecule has 2 rings (SSSR count). The number of unbranched alkanes of at least 4 members (excludes halogenated alkanes) is 1. The number of likely N-dealkylation sites (N-methyl/N-ethyl adjacent to an activating group) is 1. The average molecular weight is 495 g/mol. The standard InChI is InChI=1S/C23H37F3N2O4S/c1-4-28(16-18-31-3)15-5-6-17-32-21-11-9-20(10-12-21)27(2)33(29,30)22-13-7-19(8-14-22)23(24,25)26/h7-8,13-14,20-21H,4-6,9-12,15-18H2,1-3H3. The smallest absolute Gasteiger partial charge is 0.383 e. The van der Waals surface area contributed by atoms with Crippen LogP contribution in [0.1, 0.15) is 51.0 Å². The summed E-state index contributed by atoms with van der Waals surface area (Å²) in [6.45, 7) is 6.51. The quantitative estimate of drug-likeness (QED) is 0.381. The number of hydrogen-bond acceptors (Lipinski definition) is 5. The zero-order valence-electron chi connectivity index (χ0n) is 19.8. The van der Waals surface area contributed by atoms with Crippen LogP contribution in [-0.2, 0) is 25.7 Å². The number of halogens is 3. The molecule has 0 aliphatic heterocycles. The van der Waals surface area contributed by atoms with E-state index in [9.17, 15) is 21.6 Å². The molecule has 0 unspecified atom stereocenters. The Labute approximate surface area is 196 Å². The topological polar surface area (TPSA) is 59.1 Å². The highest BCUT2D eigenvalue weighted by atomic mass is 32.2. The van der Waals surface area contributed by atoms with Gasteiger partial charge in [0.1, 0.15) is 0 Å². The molecule has 0 N–H and O–H groups in total. The number of nitrogens with zero attached hydrogens (tertiary/aromatic N) is 2. The molecule has 0 radical (unpaired) electrons. The maximum Gasteiger partial charge on any atom is 0.416 e. The van der Waals surface area contributed by atoms with Gasteiger partial charge in [-0.1, -0.05) is 6.92 Å². The predicted molar refractivity (Wildman–Crippen MR) is 122 cm³/mol. The van der Waals surface area contributed by atoms with Gasteiger partial charge in [0.15, 0.2) is 0 Å². The van der Waals surface area contributed by atoms with Crippen molar-refractivity contribution in [2.75, 3.05) is 47.0 Å². The number of ether oxygens (including phenoxy) is 2. The van der Waals surface area contributed by atoms with E-state index in [1.54, 1.807) is 7.11 Å². The van der Waals surface area contributed by atoms with Gasteiger partial charge in [-0.3, -0.25) is 0 Å². The summed E-state index contributed by atoms with van der Waals surface area (Å²) in [6, 6.07) is 3.48. The Morgan fingerprint density at radius 3 is 2.18 bits per heavy atom. The molecule has 33 heavy (non-hydrogen) atoms. The lowest BCUT2D eigenvalue weighted by atomic mass is 9.93. The van der Waals surface area contributed by atoms with Crippen molar-refractivity contribution in [3.8, 4) is 0 Å². The molecule has 1 aliphatic carbocycles. The van der Waals surface area contributed by atoms with Crippen LogP contribution >= 0.6 is 0 Å². The average Bonchev–Trinajstić information content (AvgIpc) is 2.80. The van der Waals surface area contributed by atoms with E-state index < -0.39 is 21.8 Å². The highest BCUT2D eigenvalue weighted by molar-refractivity contribution is 7.89. The number of sulfonamides is 1. The molecule has 1 fully saturated rings. The van der Waals surface area contributed by atoms with Crippen LogP contribution in [-0.4, -0.2) is 76.8 Å². The van der Waals surface area contributed by atoms with Gasteiger partial charge in [0.05, 0.1) is 23.2 Å². The lowest BCUT2D eigenvalue weighted by molar-refractivity contribution is -0.137. The van der Waals surface area contributed by atoms with Gasteiger partial charge in [0.2, 0.25) is 10.0 Å². The number of benzene rings is 1. The Morgan fingerprint density at radius 2 is 1.64 bits per heavy atom. The van der Waals surface area contributed by atoms with Crippen LogP contribution in [0.15, 0.2) is 29.2 Å². The Bertz CT molecular complexity index is 795. The van der Waals surface area contributed by atoms with Crippen LogP contribution in [0, 0.1) is 0 Å². The van der Waals surface area contributed by atoms with Crippen molar-refractivity contribution in [3.05, 3.63) is 29.8 Å². The zero-order chi connectivity index (χ0) is 24.5. The molecule has 0 bridgehead atoms. The van der Waals surface area contributed by atoms with Gasteiger partial charge in [0, 0.05) is 33.4 Å². The maximum atomic E-state index is 12.9. The number of hydrogen-bond donors (Lipinski definition) is 0. The van der Waals surface area contributed by atoms with E-state index in [0.29, 0.717) is 19.4 Å². The molecule has 0 heterocycles. The largest absolute Gasteiger partial charge is 0.416 e. The van der Waals surface area contributed by atoms with E-state index in [-0.39, 0.29) is 17.0 Å². The van der Waals surface area contributed by atoms with E-state index in [1.807, 2.05) is 0 Å². The Kier molecular flexibility index (Phi) is 11.1. The fourth-order valence-corrected chi connectivity index (χ4v) is 5.51. The molecule has 0 aromatic heterocycles. The van der Waals surface area contributed by atoms with Crippen LogP contribution in [0.2, 0.25) is 0 Å². The van der Waals surface area contributed by atoms with Crippen molar-refractivity contribution >= 4 is 10.0 Å². The molecule has 0 atom stereocenters. The molecule has 0 amide bonds. The first-order valence-electron chi connectivity index (χ1n) is 11.6. The first kappa shape index (κ1) is 28.0. The lowest BCUT2D eigenvalue weighted by Crippen LogP contribution is -2.40. The van der Waals surface area contributed by atoms with Crippen LogP contribution in [0.25, 0.3) is 0 Å². The van der Waals surface area contributed by atoms with Crippen molar-refractivity contribution in [3.63, 3.8) is 0 Å². The highest BCUT2D eigenvalue weighted by Crippen LogP contribution is 2.32. The summed E-state index contributed by atoms with van der Waals surface area (Å²) in [5.74, 6) is 0. The minimum atomic E-state index is -4.49. The third-order valence-electron chi connectivity index (χ3n) is 6.30. The summed E-state index contributed by atoms with van der Waals surface area (Å²) < 4.78 is 76.4. The van der Waals surface area contributed by atoms with E-state index in [1.165, 1.54) is 11.4 Å². The van der Waals surface area contributed by atoms with Gasteiger partial charge in [0.25, 0.3) is 0 Å². The molecule has 10 heteroatoms. The van der Waals surface area contributed by atoms with Crippen molar-refractivity contribution in [1.82, 2.24) is 9.21 Å². The molecule has 0 spiro atoms. The minimum Gasteiger partial charge on any atom is -0.383 e. The monoisotopic (exact) mass is 494 g/mol. The van der Waals surface area contributed by atoms with Crippen molar-refractivity contribution in [2.45, 2.75) is 68.7 Å². The van der Waals surface area contributed by atoms with Gasteiger partial charge >= 0.3 is 6.18 Å². The van der Waals surface area contributed by atoms with Crippen molar-refractivity contribution < 1.29 is 31.1 Å². The molecule has 6 nitrogen and oxygen atoms in total. The van der Waals surface area contributed by atoms with E-state index >= 15 is 0 Å². The van der Waals surface area contributed by atoms with Gasteiger partial charge in [-0.05, 0) is 75.9 Å². The normalized spacial score (nSPS) is 20.0. The number of alkyl halides is 3. The zero-order valence-corrected chi connectivity index (χ0v) is 20.6. The SMILES string of the molecule is CCN(CCCCOC1CCC(N(C)S(=O)(=O)c2ccc(C(F)(F)F)cc2)CC1)CCOC. The third-order valence-corrected chi connectivity index (χ3v) is 8.22. The molecule has 1 aromatic carbocycles. The number of methoxy groups -OCH3 is 1. The first-order valence-corrected chi connectivity index (χ1v) is 13.0. The molecule has 1 saturated carbocycles. The van der Waals surface area contributed by atoms with E-state index in [0.717, 1.165) is 76.2 Å². The van der Waals surface area contributed by atoms with Gasteiger partial charge < -0.3 is 14.4 Å². The second-order valence-electron chi connectivity index (χ2n) is 8.48. The van der Waals surface area contributed by atoms with Crippen LogP contribution in [0.3, 0.4) is 0 Å². The molecule has 1 aliphatic rings. The summed E-state index contributed by atoms with van der Waals surface area (Å²) in [7, 11) is -0.640. The summed E-state index contributed by atoms with van der Waals surface area (Å²) in [5, 5.41) is 0. The van der Waals surface area contributed by atoms with Gasteiger partial charge in [-0.25, -0.2) is 8.42 Å². The maximum absolute atomic E-state index is 12.9. The third kappa shape index (κ3) is 8.51. The summed E-state index contributed by atoms with van der Waals surface area (Å²) in [6.07, 6.45) is 0.542. The van der Waals surface area contributed by atoms with Crippen LogP contribution in [0.4, 0.5) is 13.2 Å². The van der Waals surface area contributed by atoms with Gasteiger partial charge in [-0.15, -0.1) is 0 Å².